The van der Waals surface area contributed by atoms with Crippen LogP contribution in [-0.4, -0.2) is 38.5 Å². The Kier molecular flexibility index (Phi) is 8.53. The summed E-state index contributed by atoms with van der Waals surface area (Å²) in [4.78, 5) is 4.11. The van der Waals surface area contributed by atoms with Crippen LogP contribution < -0.4 is 11.1 Å². The zero-order valence-electron chi connectivity index (χ0n) is 12.2. The van der Waals surface area contributed by atoms with Crippen LogP contribution in [0.1, 0.15) is 31.4 Å². The van der Waals surface area contributed by atoms with Gasteiger partial charge in [0.15, 0.2) is 0 Å². The number of nitrogen functional groups attached to an aromatic ring is 1. The molecule has 1 unspecified atom stereocenters. The molecule has 0 amide bonds. The van der Waals surface area contributed by atoms with Crippen LogP contribution in [0.5, 0.6) is 0 Å². The number of methoxy groups -OCH3 is 1. The van der Waals surface area contributed by atoms with Crippen molar-refractivity contribution in [3.05, 3.63) is 22.8 Å². The van der Waals surface area contributed by atoms with E-state index in [1.165, 1.54) is 0 Å². The van der Waals surface area contributed by atoms with Crippen molar-refractivity contribution in [3.8, 4) is 0 Å². The van der Waals surface area contributed by atoms with E-state index in [9.17, 15) is 0 Å². The molecule has 3 N–H and O–H groups in total. The molecule has 20 heavy (non-hydrogen) atoms. The lowest BCUT2D eigenvalue weighted by atomic mass is 10.0. The van der Waals surface area contributed by atoms with E-state index >= 15 is 0 Å². The first-order chi connectivity index (χ1) is 9.69. The molecular formula is C14H24ClN3O2. The Balaban J connectivity index is 2.60. The second-order valence-electron chi connectivity index (χ2n) is 4.53. The highest BCUT2D eigenvalue weighted by Gasteiger charge is 2.15. The van der Waals surface area contributed by atoms with Gasteiger partial charge in [-0.25, -0.2) is 4.98 Å². The van der Waals surface area contributed by atoms with Crippen molar-refractivity contribution in [3.63, 3.8) is 0 Å². The number of nitrogens with one attached hydrogen (secondary N) is 1. The highest BCUT2D eigenvalue weighted by molar-refractivity contribution is 6.30. The third-order valence-corrected chi connectivity index (χ3v) is 3.12. The van der Waals surface area contributed by atoms with Crippen LogP contribution in [0.2, 0.25) is 5.02 Å². The lowest BCUT2D eigenvalue weighted by molar-refractivity contribution is 0.0658. The van der Waals surface area contributed by atoms with E-state index in [0.717, 1.165) is 24.9 Å². The second kappa shape index (κ2) is 9.94. The molecule has 0 aliphatic heterocycles. The van der Waals surface area contributed by atoms with Crippen molar-refractivity contribution < 1.29 is 9.47 Å². The van der Waals surface area contributed by atoms with Crippen LogP contribution in [-0.2, 0) is 9.47 Å². The zero-order chi connectivity index (χ0) is 14.8. The molecule has 0 spiro atoms. The summed E-state index contributed by atoms with van der Waals surface area (Å²) in [5, 5.41) is 4.05. The van der Waals surface area contributed by atoms with Gasteiger partial charge in [-0.15, -0.1) is 0 Å². The molecule has 0 saturated heterocycles. The maximum Gasteiger partial charge on any atom is 0.128 e. The van der Waals surface area contributed by atoms with Crippen molar-refractivity contribution in [1.82, 2.24) is 10.3 Å². The Hall–Kier alpha value is -0.880. The average Bonchev–Trinajstić information content (AvgIpc) is 2.45. The molecule has 0 aliphatic rings. The Morgan fingerprint density at radius 3 is 2.90 bits per heavy atom. The molecule has 1 atom stereocenters. The van der Waals surface area contributed by atoms with Gasteiger partial charge < -0.3 is 20.5 Å². The van der Waals surface area contributed by atoms with Gasteiger partial charge in [0.1, 0.15) is 5.82 Å². The molecule has 1 rings (SSSR count). The maximum absolute atomic E-state index is 6.00. The van der Waals surface area contributed by atoms with Crippen molar-refractivity contribution in [1.29, 1.82) is 0 Å². The Morgan fingerprint density at radius 1 is 1.40 bits per heavy atom. The van der Waals surface area contributed by atoms with E-state index in [1.54, 1.807) is 13.3 Å². The quantitative estimate of drug-likeness (QED) is 0.650. The van der Waals surface area contributed by atoms with Crippen LogP contribution in [0.15, 0.2) is 12.3 Å². The first-order valence-electron chi connectivity index (χ1n) is 6.90. The number of rotatable bonds is 10. The van der Waals surface area contributed by atoms with E-state index < -0.39 is 0 Å². The van der Waals surface area contributed by atoms with Crippen LogP contribution in [0.25, 0.3) is 0 Å². The third kappa shape index (κ3) is 6.05. The van der Waals surface area contributed by atoms with Gasteiger partial charge in [0.05, 0.1) is 18.2 Å². The molecule has 0 fully saturated rings. The van der Waals surface area contributed by atoms with E-state index in [0.29, 0.717) is 30.7 Å². The lowest BCUT2D eigenvalue weighted by Crippen LogP contribution is -2.25. The minimum absolute atomic E-state index is 0.101. The number of halogens is 1. The minimum atomic E-state index is 0.101. The molecular weight excluding hydrogens is 278 g/mol. The zero-order valence-corrected chi connectivity index (χ0v) is 12.9. The summed E-state index contributed by atoms with van der Waals surface area (Å²) in [6.45, 7) is 4.87. The summed E-state index contributed by atoms with van der Waals surface area (Å²) < 4.78 is 10.5. The van der Waals surface area contributed by atoms with Gasteiger partial charge in [-0.3, -0.25) is 0 Å². The van der Waals surface area contributed by atoms with Crippen molar-refractivity contribution in [2.45, 2.75) is 25.8 Å². The van der Waals surface area contributed by atoms with Gasteiger partial charge in [-0.05, 0) is 25.5 Å². The van der Waals surface area contributed by atoms with Gasteiger partial charge >= 0.3 is 0 Å². The van der Waals surface area contributed by atoms with E-state index in [1.807, 2.05) is 6.07 Å². The first kappa shape index (κ1) is 17.2. The third-order valence-electron chi connectivity index (χ3n) is 2.91. The maximum atomic E-state index is 6.00. The number of anilines is 1. The second-order valence-corrected chi connectivity index (χ2v) is 4.96. The fourth-order valence-corrected chi connectivity index (χ4v) is 2.04. The average molecular weight is 302 g/mol. The molecule has 114 valence electrons. The van der Waals surface area contributed by atoms with Crippen LogP contribution >= 0.6 is 11.6 Å². The first-order valence-corrected chi connectivity index (χ1v) is 7.27. The van der Waals surface area contributed by atoms with Crippen molar-refractivity contribution >= 4 is 17.4 Å². The van der Waals surface area contributed by atoms with E-state index in [-0.39, 0.29) is 6.04 Å². The molecule has 0 radical (unpaired) electrons. The highest BCUT2D eigenvalue weighted by atomic mass is 35.5. The van der Waals surface area contributed by atoms with Crippen molar-refractivity contribution in [2.75, 3.05) is 39.2 Å². The number of nitrogens with zero attached hydrogens (tertiary/aromatic N) is 1. The summed E-state index contributed by atoms with van der Waals surface area (Å²) in [5.74, 6) is 0.514. The Bertz CT molecular complexity index is 391. The lowest BCUT2D eigenvalue weighted by Gasteiger charge is -2.20. The number of hydrogen-bond acceptors (Lipinski definition) is 5. The summed E-state index contributed by atoms with van der Waals surface area (Å²) in [6.07, 6.45) is 3.43. The van der Waals surface area contributed by atoms with Gasteiger partial charge in [-0.2, -0.15) is 0 Å². The summed E-state index contributed by atoms with van der Waals surface area (Å²) in [5.41, 5.74) is 6.88. The highest BCUT2D eigenvalue weighted by Crippen LogP contribution is 2.24. The largest absolute Gasteiger partial charge is 0.383 e. The molecule has 1 aromatic rings. The van der Waals surface area contributed by atoms with Gasteiger partial charge in [0, 0.05) is 31.5 Å². The van der Waals surface area contributed by atoms with Gasteiger partial charge in [0.2, 0.25) is 0 Å². The summed E-state index contributed by atoms with van der Waals surface area (Å²) in [6, 6.07) is 1.97. The Morgan fingerprint density at radius 2 is 2.20 bits per heavy atom. The predicted octanol–water partition coefficient (Wildman–Crippen LogP) is 2.41. The predicted molar refractivity (Wildman–Crippen MR) is 82.0 cm³/mol. The Labute approximate surface area is 125 Å². The van der Waals surface area contributed by atoms with Gasteiger partial charge in [0.25, 0.3) is 0 Å². The number of hydrogen-bond donors (Lipinski definition) is 2. The topological polar surface area (TPSA) is 69.4 Å². The fraction of sp³-hybridized carbons (Fsp3) is 0.643. The summed E-state index contributed by atoms with van der Waals surface area (Å²) >= 11 is 6.00. The van der Waals surface area contributed by atoms with Gasteiger partial charge in [-0.1, -0.05) is 18.5 Å². The molecule has 1 aromatic heterocycles. The van der Waals surface area contributed by atoms with Crippen molar-refractivity contribution in [2.24, 2.45) is 0 Å². The monoisotopic (exact) mass is 301 g/mol. The molecule has 0 aliphatic carbocycles. The fourth-order valence-electron chi connectivity index (χ4n) is 1.88. The molecule has 6 heteroatoms. The summed E-state index contributed by atoms with van der Waals surface area (Å²) in [7, 11) is 1.66. The molecule has 0 saturated carbocycles. The van der Waals surface area contributed by atoms with Crippen LogP contribution in [0, 0.1) is 0 Å². The molecule has 0 aromatic carbocycles. The smallest absolute Gasteiger partial charge is 0.128 e. The molecule has 1 heterocycles. The number of aromatic nitrogens is 1. The molecule has 0 bridgehead atoms. The SMILES string of the molecule is CCCNC(CCOCCOC)c1cc(Cl)cnc1N. The van der Waals surface area contributed by atoms with Crippen LogP contribution in [0.4, 0.5) is 5.82 Å². The normalized spacial score (nSPS) is 12.6. The minimum Gasteiger partial charge on any atom is -0.383 e. The van der Waals surface area contributed by atoms with Crippen LogP contribution in [0.3, 0.4) is 0 Å². The number of pyridine rings is 1. The number of nitrogens with two attached hydrogens (primary N) is 1. The number of ether oxygens (including phenoxy) is 2. The molecule has 5 nitrogen and oxygen atoms in total. The van der Waals surface area contributed by atoms with E-state index in [4.69, 9.17) is 26.8 Å². The van der Waals surface area contributed by atoms with E-state index in [2.05, 4.69) is 17.2 Å². The standard InChI is InChI=1S/C14H24ClN3O2/c1-3-5-17-13(4-6-20-8-7-19-2)12-9-11(15)10-18-14(12)16/h9-10,13,17H,3-8H2,1-2H3,(H2,16,18).